The van der Waals surface area contributed by atoms with Gasteiger partial charge in [0.25, 0.3) is 17.4 Å². The second-order valence-corrected chi connectivity index (χ2v) is 26.9. The zero-order valence-electron chi connectivity index (χ0n) is 57.8. The third kappa shape index (κ3) is 20.0. The number of aliphatic hydroxyl groups is 23. The van der Waals surface area contributed by atoms with Gasteiger partial charge in [-0.25, -0.2) is 14.4 Å². The maximum atomic E-state index is 13.9. The molecule has 50 nitrogen and oxygen atoms in total. The lowest BCUT2D eigenvalue weighted by Gasteiger charge is -2.53. The summed E-state index contributed by atoms with van der Waals surface area (Å²) in [5.74, 6) is -21.9. The Kier molecular flexibility index (Phi) is 32.0. The number of aliphatic hydroxyl groups excluding tert-OH is 23. The molecular formula is C59H96N4O46. The Morgan fingerprint density at radius 3 is 1.17 bits per heavy atom. The van der Waals surface area contributed by atoms with Crippen LogP contribution in [0.1, 0.15) is 40.0 Å². The molecular weight excluding hydrogens is 1500 g/mol. The van der Waals surface area contributed by atoms with Crippen LogP contribution in [0.2, 0.25) is 0 Å². The van der Waals surface area contributed by atoms with Gasteiger partial charge in [0.05, 0.1) is 82.7 Å². The Morgan fingerprint density at radius 1 is 0.394 bits per heavy atom. The first kappa shape index (κ1) is 91.0. The number of carboxylic acid groups (broad SMARTS) is 3. The Balaban J connectivity index is 1.40. The number of carbonyl (C=O) groups excluding carboxylic acids is 4. The van der Waals surface area contributed by atoms with Crippen LogP contribution in [0.4, 0.5) is 0 Å². The van der Waals surface area contributed by atoms with Crippen LogP contribution in [-0.4, -0.2) is 459 Å². The van der Waals surface area contributed by atoms with Gasteiger partial charge >= 0.3 is 17.9 Å². The highest BCUT2D eigenvalue weighted by Crippen LogP contribution is 2.44. The number of aliphatic carboxylic acids is 3. The molecule has 0 unspecified atom stereocenters. The van der Waals surface area contributed by atoms with E-state index in [-0.39, 0.29) is 0 Å². The third-order valence-electron chi connectivity index (χ3n) is 19.2. The van der Waals surface area contributed by atoms with Crippen LogP contribution in [0.25, 0.3) is 0 Å². The molecule has 0 aromatic heterocycles. The topological polar surface area (TPSA) is 814 Å². The predicted octanol–water partition coefficient (Wildman–Crippen LogP) is -19.1. The Labute approximate surface area is 613 Å². The number of hydrogen-bond donors (Lipinski definition) is 30. The largest absolute Gasteiger partial charge is 0.477 e. The summed E-state index contributed by atoms with van der Waals surface area (Å²) in [6.07, 6.45) is -79.5. The molecule has 109 heavy (non-hydrogen) atoms. The van der Waals surface area contributed by atoms with E-state index in [1.165, 1.54) is 0 Å². The van der Waals surface area contributed by atoms with Gasteiger partial charge in [0, 0.05) is 40.0 Å². The van der Waals surface area contributed by atoms with Crippen molar-refractivity contribution < 1.29 is 228 Å². The molecule has 50 heteroatoms. The maximum Gasteiger partial charge on any atom is 0.364 e. The quantitative estimate of drug-likeness (QED) is 0.0290. The smallest absolute Gasteiger partial charge is 0.364 e. The summed E-state index contributed by atoms with van der Waals surface area (Å²) in [5.41, 5.74) is 0. The second kappa shape index (κ2) is 38.3. The normalized spacial score (nSPS) is 43.1. The number of carbonyl (C=O) groups is 7. The standard InChI is InChI=1S/C59H96N4O46/c1-15(71)60-29-19(75)5-58(55(93)94,106-45(29)33(81)21(77)7-64)108-48-36(84)24(10-67)99-52(40(48)88)104-44-32(62-17(3)73)51(101-27(37(44)85)14-97-57(54(91)92)4-18(74)31(63-28(80)13-70)47(105-57)35(83)23(79)9-66)103-43-26(12-69)100-53(102-42-25(11-68)98-50(90)39(87)38(42)86)41(89)49(43)109-59(56(95)96)6-20(76)30(61-16(2)72)46(107-59)34(82)22(78)8-65/h18-27,29-53,64-70,74-79,81-90H,4-14H2,1-3H3,(H,60,71)(H,61,72)(H,62,73)(H,63,80)(H,91,92)(H,93,94)(H,95,96)/t18-,19-,20-,21+,22+,23+,24+,25+,26+,27+,29+,30+,31+,32+,33+,34+,35+,36-,37-,38+,39+,40+,41+,42+,43-,44+,45+,46+,47+,48-,49+,50+,51-,52-,53-,57+,58-,59-/m0/s1. The van der Waals surface area contributed by atoms with Crippen molar-refractivity contribution in [2.24, 2.45) is 0 Å². The van der Waals surface area contributed by atoms with Gasteiger partial charge < -0.3 is 216 Å². The number of carboxylic acids is 3. The van der Waals surface area contributed by atoms with Crippen molar-refractivity contribution in [1.82, 2.24) is 21.3 Å². The Bertz CT molecular complexity index is 3030. The average Bonchev–Trinajstić information content (AvgIpc) is 0.753. The zero-order valence-corrected chi connectivity index (χ0v) is 57.8. The molecule has 7 aliphatic heterocycles. The van der Waals surface area contributed by atoms with Crippen molar-refractivity contribution in [2.45, 2.75) is 272 Å². The van der Waals surface area contributed by atoms with E-state index in [0.29, 0.717) is 0 Å². The molecule has 0 aliphatic carbocycles. The average molecular weight is 1600 g/mol. The predicted molar refractivity (Wildman–Crippen MR) is 331 cm³/mol. The molecule has 7 rings (SSSR count). The number of amides is 4. The van der Waals surface area contributed by atoms with Crippen LogP contribution >= 0.6 is 0 Å². The third-order valence-corrected chi connectivity index (χ3v) is 19.2. The van der Waals surface area contributed by atoms with Crippen LogP contribution in [0.3, 0.4) is 0 Å². The summed E-state index contributed by atoms with van der Waals surface area (Å²) in [6.45, 7) is -8.34. The van der Waals surface area contributed by atoms with Gasteiger partial charge in [0.2, 0.25) is 23.6 Å². The number of hydrogen-bond acceptors (Lipinski definition) is 43. The fraction of sp³-hybridized carbons (Fsp3) is 0.881. The van der Waals surface area contributed by atoms with E-state index in [0.717, 1.165) is 20.8 Å². The molecule has 38 atom stereocenters. The SMILES string of the molecule is CC(=O)N[C@H]1[C@H](O[C@@H]2[C@H](O[C@]3(C(=O)O)C[C@H](O)[C@@H](NC(C)=O)[C@H]([C@H](O)[C@H](O)CO)O3)[C@@H](O)[C@H](O[C@H]3[C@H](O)[C@@H](O)[C@H](O)O[C@@H]3CO)O[C@@H]2CO)O[C@H](CO[C@]2(C(=O)O)C[C@H](O)[C@@H](NC(=O)CO)[C@H]([C@H](O)[C@H](O)CO)O2)[C@H](O)[C@@H]1O[C@@H]1O[C@H](CO)[C@H](O)[C@H](O[C@]2(C(=O)O)C[C@H](O)[C@@H](NC(C)=O)[C@H]([C@H](O)[C@H](O)CO)O2)[C@H]1O. The second-order valence-electron chi connectivity index (χ2n) is 26.9. The van der Waals surface area contributed by atoms with E-state index in [4.69, 9.17) is 61.6 Å². The van der Waals surface area contributed by atoms with Gasteiger partial charge in [0.15, 0.2) is 25.2 Å². The van der Waals surface area contributed by atoms with E-state index in [9.17, 15) is 166 Å². The summed E-state index contributed by atoms with van der Waals surface area (Å²) in [7, 11) is 0. The van der Waals surface area contributed by atoms with Crippen molar-refractivity contribution in [3.63, 3.8) is 0 Å². The lowest BCUT2D eigenvalue weighted by atomic mass is 9.88. The van der Waals surface area contributed by atoms with Crippen molar-refractivity contribution in [1.29, 1.82) is 0 Å². The van der Waals surface area contributed by atoms with Gasteiger partial charge in [-0.3, -0.25) is 19.2 Å². The lowest BCUT2D eigenvalue weighted by molar-refractivity contribution is -0.405. The number of nitrogens with one attached hydrogen (secondary N) is 4. The van der Waals surface area contributed by atoms with Crippen LogP contribution in [0.15, 0.2) is 0 Å². The highest BCUT2D eigenvalue weighted by molar-refractivity contribution is 5.79. The van der Waals surface area contributed by atoms with Crippen molar-refractivity contribution >= 4 is 41.5 Å². The van der Waals surface area contributed by atoms with Gasteiger partial charge in [0.1, 0.15) is 159 Å². The number of rotatable bonds is 33. The maximum absolute atomic E-state index is 13.9. The molecule has 0 saturated carbocycles. The molecule has 628 valence electrons. The zero-order chi connectivity index (χ0) is 81.5. The first-order chi connectivity index (χ1) is 51.1. The molecule has 7 fully saturated rings. The van der Waals surface area contributed by atoms with E-state index in [1.807, 2.05) is 5.32 Å². The van der Waals surface area contributed by atoms with Gasteiger partial charge in [-0.2, -0.15) is 0 Å². The van der Waals surface area contributed by atoms with Crippen molar-refractivity contribution in [2.75, 3.05) is 52.9 Å². The summed E-state index contributed by atoms with van der Waals surface area (Å²) in [5, 5.41) is 295. The Morgan fingerprint density at radius 2 is 0.752 bits per heavy atom. The minimum absolute atomic E-state index is 0.747. The summed E-state index contributed by atoms with van der Waals surface area (Å²) in [6, 6.07) is -8.20. The van der Waals surface area contributed by atoms with Crippen LogP contribution in [0, 0.1) is 0 Å². The van der Waals surface area contributed by atoms with Crippen LogP contribution in [-0.2, 0) is 95.1 Å². The summed E-state index contributed by atoms with van der Waals surface area (Å²) in [4.78, 5) is 92.0. The van der Waals surface area contributed by atoms with E-state index in [1.54, 1.807) is 0 Å². The highest BCUT2D eigenvalue weighted by Gasteiger charge is 2.65. The molecule has 0 aromatic carbocycles. The minimum Gasteiger partial charge on any atom is -0.477 e. The Hall–Kier alpha value is -5.15. The molecule has 30 N–H and O–H groups in total. The minimum atomic E-state index is -3.63. The molecule has 0 radical (unpaired) electrons. The van der Waals surface area contributed by atoms with Crippen molar-refractivity contribution in [3.05, 3.63) is 0 Å². The molecule has 7 saturated heterocycles. The first-order valence-electron chi connectivity index (χ1n) is 33.7. The fourth-order valence-corrected chi connectivity index (χ4v) is 13.6. The van der Waals surface area contributed by atoms with Crippen molar-refractivity contribution in [3.8, 4) is 0 Å². The van der Waals surface area contributed by atoms with Gasteiger partial charge in [-0.1, -0.05) is 0 Å². The molecule has 0 spiro atoms. The molecule has 7 aliphatic rings. The molecule has 0 bridgehead atoms. The van der Waals surface area contributed by atoms with Crippen LogP contribution < -0.4 is 21.3 Å². The molecule has 0 aromatic rings. The molecule has 7 heterocycles. The summed E-state index contributed by atoms with van der Waals surface area (Å²) < 4.78 is 76.3. The van der Waals surface area contributed by atoms with E-state index in [2.05, 4.69) is 16.0 Å². The first-order valence-corrected chi connectivity index (χ1v) is 33.7. The van der Waals surface area contributed by atoms with Gasteiger partial charge in [-0.05, 0) is 0 Å². The highest BCUT2D eigenvalue weighted by atomic mass is 16.8. The number of ether oxygens (including phenoxy) is 13. The summed E-state index contributed by atoms with van der Waals surface area (Å²) >= 11 is 0. The van der Waals surface area contributed by atoms with E-state index < -0.39 is 345 Å². The van der Waals surface area contributed by atoms with Crippen LogP contribution in [0.5, 0.6) is 0 Å². The monoisotopic (exact) mass is 1600 g/mol. The molecule has 4 amide bonds. The van der Waals surface area contributed by atoms with E-state index >= 15 is 0 Å². The lowest BCUT2D eigenvalue weighted by Crippen LogP contribution is -2.73. The fourth-order valence-electron chi connectivity index (χ4n) is 13.6. The van der Waals surface area contributed by atoms with Gasteiger partial charge in [-0.15, -0.1) is 0 Å².